The SMILES string of the molecule is C=C(NCc1cc(F)cc(Cl)c1COc1cccc2c(-n3cc(F)cn3)cc(C)nc12)C(O)CN. The minimum Gasteiger partial charge on any atom is -0.487 e. The summed E-state index contributed by atoms with van der Waals surface area (Å²) in [4.78, 5) is 4.61. The zero-order valence-corrected chi connectivity index (χ0v) is 19.7. The lowest BCUT2D eigenvalue weighted by molar-refractivity contribution is 0.210. The summed E-state index contributed by atoms with van der Waals surface area (Å²) >= 11 is 6.35. The summed E-state index contributed by atoms with van der Waals surface area (Å²) in [5.74, 6) is -0.477. The summed E-state index contributed by atoms with van der Waals surface area (Å²) in [5.41, 5.74) is 8.79. The van der Waals surface area contributed by atoms with Crippen molar-refractivity contribution in [3.63, 3.8) is 0 Å². The summed E-state index contributed by atoms with van der Waals surface area (Å²) in [5, 5.41) is 17.7. The van der Waals surface area contributed by atoms with Crippen LogP contribution in [-0.4, -0.2) is 32.5 Å². The molecule has 0 fully saturated rings. The number of para-hydroxylation sites is 1. The first kappa shape index (κ1) is 24.6. The Hall–Kier alpha value is -3.53. The van der Waals surface area contributed by atoms with Crippen LogP contribution in [0.2, 0.25) is 5.02 Å². The molecule has 4 rings (SSSR count). The van der Waals surface area contributed by atoms with Crippen molar-refractivity contribution >= 4 is 22.5 Å². The Labute approximate surface area is 205 Å². The zero-order chi connectivity index (χ0) is 25.1. The number of nitrogens with zero attached hydrogens (tertiary/aromatic N) is 3. The van der Waals surface area contributed by atoms with Crippen molar-refractivity contribution in [1.82, 2.24) is 20.1 Å². The molecule has 10 heteroatoms. The van der Waals surface area contributed by atoms with Crippen molar-refractivity contribution in [3.05, 3.63) is 94.5 Å². The third-order valence-electron chi connectivity index (χ3n) is 5.46. The molecule has 4 N–H and O–H groups in total. The second kappa shape index (κ2) is 10.4. The molecule has 0 aliphatic rings. The van der Waals surface area contributed by atoms with Gasteiger partial charge in [0.25, 0.3) is 0 Å². The number of aliphatic hydroxyl groups excluding tert-OH is 1. The second-order valence-corrected chi connectivity index (χ2v) is 8.39. The van der Waals surface area contributed by atoms with Gasteiger partial charge in [-0.05, 0) is 36.8 Å². The lowest BCUT2D eigenvalue weighted by atomic mass is 10.1. The van der Waals surface area contributed by atoms with Crippen LogP contribution in [-0.2, 0) is 13.2 Å². The van der Waals surface area contributed by atoms with E-state index in [0.717, 1.165) is 11.6 Å². The number of aromatic nitrogens is 3. The van der Waals surface area contributed by atoms with Crippen LogP contribution in [0.15, 0.2) is 61.1 Å². The molecule has 0 amide bonds. The standard InChI is InChI=1S/C25H24ClF2N5O2/c1-14-6-22(33-12-18(28)11-31-33)19-4-3-5-24(25(19)32-14)35-13-20-16(7-17(27)8-21(20)26)10-30-15(2)23(34)9-29/h3-8,11-12,23,30,34H,2,9-10,13,29H2,1H3. The van der Waals surface area contributed by atoms with Gasteiger partial charge >= 0.3 is 0 Å². The highest BCUT2D eigenvalue weighted by Crippen LogP contribution is 2.31. The molecule has 1 atom stereocenters. The first-order valence-electron chi connectivity index (χ1n) is 10.8. The molecule has 0 radical (unpaired) electrons. The van der Waals surface area contributed by atoms with Gasteiger partial charge in [-0.15, -0.1) is 0 Å². The van der Waals surface area contributed by atoms with Gasteiger partial charge in [0.15, 0.2) is 5.82 Å². The van der Waals surface area contributed by atoms with Crippen molar-refractivity contribution in [2.45, 2.75) is 26.2 Å². The molecule has 0 bridgehead atoms. The molecule has 0 aliphatic heterocycles. The molecular weight excluding hydrogens is 476 g/mol. The highest BCUT2D eigenvalue weighted by Gasteiger charge is 2.16. The maximum atomic E-state index is 14.1. The topological polar surface area (TPSA) is 98.2 Å². The van der Waals surface area contributed by atoms with Gasteiger partial charge in [0.2, 0.25) is 0 Å². The van der Waals surface area contributed by atoms with Crippen LogP contribution in [0.1, 0.15) is 16.8 Å². The normalized spacial score (nSPS) is 12.1. The maximum Gasteiger partial charge on any atom is 0.161 e. The van der Waals surface area contributed by atoms with Gasteiger partial charge in [0, 0.05) is 35.4 Å². The minimum absolute atomic E-state index is 0.00632. The molecule has 1 unspecified atom stereocenters. The largest absolute Gasteiger partial charge is 0.487 e. The summed E-state index contributed by atoms with van der Waals surface area (Å²) in [6, 6.07) is 9.76. The number of benzene rings is 2. The van der Waals surface area contributed by atoms with Gasteiger partial charge in [0.05, 0.1) is 23.1 Å². The van der Waals surface area contributed by atoms with Gasteiger partial charge in [-0.3, -0.25) is 0 Å². The Kier molecular flexibility index (Phi) is 7.30. The van der Waals surface area contributed by atoms with Crippen LogP contribution < -0.4 is 15.8 Å². The average Bonchev–Trinajstić information content (AvgIpc) is 3.26. The number of hydrogen-bond acceptors (Lipinski definition) is 6. The highest BCUT2D eigenvalue weighted by atomic mass is 35.5. The molecule has 35 heavy (non-hydrogen) atoms. The Morgan fingerprint density at radius 3 is 2.80 bits per heavy atom. The number of fused-ring (bicyclic) bond motifs is 1. The van der Waals surface area contributed by atoms with Crippen molar-refractivity contribution < 1.29 is 18.6 Å². The third-order valence-corrected chi connectivity index (χ3v) is 5.80. The summed E-state index contributed by atoms with van der Waals surface area (Å²) < 4.78 is 35.2. The predicted molar refractivity (Wildman–Crippen MR) is 130 cm³/mol. The number of halogens is 3. The Balaban J connectivity index is 1.65. The molecule has 0 aliphatic carbocycles. The molecule has 0 spiro atoms. The van der Waals surface area contributed by atoms with Crippen LogP contribution in [0.25, 0.3) is 16.6 Å². The number of rotatable bonds is 9. The van der Waals surface area contributed by atoms with E-state index in [1.165, 1.54) is 23.0 Å². The number of hydrogen-bond donors (Lipinski definition) is 3. The Morgan fingerprint density at radius 2 is 2.09 bits per heavy atom. The van der Waals surface area contributed by atoms with Crippen molar-refractivity contribution in [2.24, 2.45) is 5.73 Å². The van der Waals surface area contributed by atoms with Gasteiger partial charge in [-0.1, -0.05) is 30.3 Å². The van der Waals surface area contributed by atoms with E-state index in [2.05, 4.69) is 22.0 Å². The molecule has 7 nitrogen and oxygen atoms in total. The van der Waals surface area contributed by atoms with E-state index in [4.69, 9.17) is 22.1 Å². The number of aliphatic hydroxyl groups is 1. The molecule has 4 aromatic rings. The monoisotopic (exact) mass is 499 g/mol. The van der Waals surface area contributed by atoms with E-state index < -0.39 is 17.7 Å². The number of nitrogens with one attached hydrogen (secondary N) is 1. The first-order chi connectivity index (χ1) is 16.8. The molecule has 2 aromatic carbocycles. The van der Waals surface area contributed by atoms with Crippen LogP contribution in [0.3, 0.4) is 0 Å². The second-order valence-electron chi connectivity index (χ2n) is 7.98. The van der Waals surface area contributed by atoms with Crippen molar-refractivity contribution in [3.8, 4) is 11.4 Å². The van der Waals surface area contributed by atoms with E-state index in [9.17, 15) is 13.9 Å². The Morgan fingerprint density at radius 1 is 1.29 bits per heavy atom. The fraction of sp³-hybridized carbons (Fsp3) is 0.200. The van der Waals surface area contributed by atoms with Gasteiger partial charge in [-0.25, -0.2) is 18.4 Å². The van der Waals surface area contributed by atoms with Crippen molar-refractivity contribution in [1.29, 1.82) is 0 Å². The highest BCUT2D eigenvalue weighted by molar-refractivity contribution is 6.31. The predicted octanol–water partition coefficient (Wildman–Crippen LogP) is 4.16. The van der Waals surface area contributed by atoms with Gasteiger partial charge in [-0.2, -0.15) is 5.10 Å². The molecule has 0 saturated heterocycles. The fourth-order valence-electron chi connectivity index (χ4n) is 3.66. The van der Waals surface area contributed by atoms with Gasteiger partial charge < -0.3 is 20.9 Å². The fourth-order valence-corrected chi connectivity index (χ4v) is 3.94. The number of aryl methyl sites for hydroxylation is 1. The lowest BCUT2D eigenvalue weighted by Gasteiger charge is -2.18. The summed E-state index contributed by atoms with van der Waals surface area (Å²) in [7, 11) is 0. The Bertz CT molecular complexity index is 1390. The maximum absolute atomic E-state index is 14.1. The zero-order valence-electron chi connectivity index (χ0n) is 18.9. The molecule has 0 saturated carbocycles. The minimum atomic E-state index is -0.929. The smallest absolute Gasteiger partial charge is 0.161 e. The van der Waals surface area contributed by atoms with E-state index >= 15 is 0 Å². The van der Waals surface area contributed by atoms with Gasteiger partial charge in [0.1, 0.15) is 29.8 Å². The van der Waals surface area contributed by atoms with E-state index in [-0.39, 0.29) is 24.7 Å². The number of pyridine rings is 1. The van der Waals surface area contributed by atoms with E-state index in [1.54, 1.807) is 12.1 Å². The first-order valence-corrected chi connectivity index (χ1v) is 11.2. The lowest BCUT2D eigenvalue weighted by Crippen LogP contribution is -2.29. The number of ether oxygens (including phenoxy) is 1. The summed E-state index contributed by atoms with van der Waals surface area (Å²) in [6.45, 7) is 5.77. The van der Waals surface area contributed by atoms with E-state index in [1.807, 2.05) is 19.1 Å². The van der Waals surface area contributed by atoms with E-state index in [0.29, 0.717) is 39.5 Å². The third kappa shape index (κ3) is 5.43. The summed E-state index contributed by atoms with van der Waals surface area (Å²) in [6.07, 6.45) is 1.49. The molecule has 182 valence electrons. The average molecular weight is 500 g/mol. The van der Waals surface area contributed by atoms with Crippen LogP contribution in [0.5, 0.6) is 5.75 Å². The quantitative estimate of drug-likeness (QED) is 0.320. The molecule has 2 aromatic heterocycles. The van der Waals surface area contributed by atoms with Crippen LogP contribution >= 0.6 is 11.6 Å². The number of nitrogens with two attached hydrogens (primary N) is 1. The van der Waals surface area contributed by atoms with Crippen LogP contribution in [0, 0.1) is 18.6 Å². The molecular formula is C25H24ClF2N5O2. The van der Waals surface area contributed by atoms with Crippen LogP contribution in [0.4, 0.5) is 8.78 Å². The molecule has 2 heterocycles. The van der Waals surface area contributed by atoms with Crippen molar-refractivity contribution in [2.75, 3.05) is 6.54 Å².